The SMILES string of the molecule is CCCCCCCCCCC(CCCCCCC(=O)OC(CCCCCCCC)CCCCCCCC)N(CCCN(C)C)C(=O)CCCCCCC(=O)OCCC(CCCCC)CCCCC. The Morgan fingerprint density at radius 1 is 0.368 bits per heavy atom. The molecule has 7 heteroatoms. The van der Waals surface area contributed by atoms with Gasteiger partial charge in [-0.1, -0.05) is 234 Å². The lowest BCUT2D eigenvalue weighted by atomic mass is 9.92. The summed E-state index contributed by atoms with van der Waals surface area (Å²) in [7, 11) is 4.25. The minimum absolute atomic E-state index is 0.00631. The van der Waals surface area contributed by atoms with Crippen LogP contribution in [0.15, 0.2) is 0 Å². The molecule has 7 nitrogen and oxygen atoms in total. The van der Waals surface area contributed by atoms with Gasteiger partial charge in [0.15, 0.2) is 0 Å². The Morgan fingerprint density at radius 2 is 0.735 bits per heavy atom. The van der Waals surface area contributed by atoms with Crippen LogP contribution >= 0.6 is 0 Å². The van der Waals surface area contributed by atoms with Crippen LogP contribution in [0.4, 0.5) is 0 Å². The van der Waals surface area contributed by atoms with E-state index in [1.54, 1.807) is 0 Å². The Morgan fingerprint density at radius 3 is 1.19 bits per heavy atom. The van der Waals surface area contributed by atoms with E-state index in [-0.39, 0.29) is 24.1 Å². The number of esters is 2. The topological polar surface area (TPSA) is 76.2 Å². The van der Waals surface area contributed by atoms with Crippen molar-refractivity contribution >= 4 is 17.8 Å². The fraction of sp³-hybridized carbons (Fsp3) is 0.951. The predicted molar refractivity (Wildman–Crippen MR) is 295 cm³/mol. The summed E-state index contributed by atoms with van der Waals surface area (Å²) in [6, 6.07) is 0.284. The van der Waals surface area contributed by atoms with Gasteiger partial charge in [0, 0.05) is 31.8 Å². The van der Waals surface area contributed by atoms with E-state index in [0.29, 0.717) is 37.7 Å². The minimum Gasteiger partial charge on any atom is -0.466 e. The van der Waals surface area contributed by atoms with Crippen LogP contribution in [0.1, 0.15) is 324 Å². The Labute approximate surface area is 425 Å². The number of carbonyl (C=O) groups excluding carboxylic acids is 3. The molecule has 1 amide bonds. The molecule has 0 N–H and O–H groups in total. The second-order valence-electron chi connectivity index (χ2n) is 21.6. The molecule has 404 valence electrons. The zero-order valence-electron chi connectivity index (χ0n) is 47.1. The normalized spacial score (nSPS) is 12.1. The maximum absolute atomic E-state index is 14.1. The third kappa shape index (κ3) is 44.3. The van der Waals surface area contributed by atoms with Crippen LogP contribution in [0.25, 0.3) is 0 Å². The second-order valence-corrected chi connectivity index (χ2v) is 21.6. The first-order valence-corrected chi connectivity index (χ1v) is 30.5. The van der Waals surface area contributed by atoms with E-state index in [4.69, 9.17) is 9.47 Å². The first-order valence-electron chi connectivity index (χ1n) is 30.5. The summed E-state index contributed by atoms with van der Waals surface area (Å²) in [4.78, 5) is 44.4. The smallest absolute Gasteiger partial charge is 0.306 e. The molecule has 0 aliphatic carbocycles. The molecule has 0 fully saturated rings. The lowest BCUT2D eigenvalue weighted by Gasteiger charge is -2.33. The van der Waals surface area contributed by atoms with E-state index in [2.05, 4.69) is 58.5 Å². The van der Waals surface area contributed by atoms with Crippen molar-refractivity contribution in [1.29, 1.82) is 0 Å². The molecule has 0 saturated carbocycles. The van der Waals surface area contributed by atoms with Crippen molar-refractivity contribution < 1.29 is 23.9 Å². The van der Waals surface area contributed by atoms with Crippen molar-refractivity contribution in [2.45, 2.75) is 336 Å². The van der Waals surface area contributed by atoms with E-state index in [9.17, 15) is 14.4 Å². The molecule has 0 rings (SSSR count). The van der Waals surface area contributed by atoms with Crippen LogP contribution in [0.2, 0.25) is 0 Å². The molecule has 0 saturated heterocycles. The van der Waals surface area contributed by atoms with E-state index in [1.165, 1.54) is 180 Å². The monoisotopic (exact) mass is 961 g/mol. The molecule has 1 atom stereocenters. The van der Waals surface area contributed by atoms with Crippen molar-refractivity contribution in [2.24, 2.45) is 5.92 Å². The number of unbranched alkanes of at least 4 members (excludes halogenated alkanes) is 27. The Balaban J connectivity index is 5.18. The van der Waals surface area contributed by atoms with E-state index < -0.39 is 0 Å². The highest BCUT2D eigenvalue weighted by molar-refractivity contribution is 5.76. The number of ether oxygens (including phenoxy) is 2. The molecule has 0 bridgehead atoms. The van der Waals surface area contributed by atoms with Gasteiger partial charge in [-0.3, -0.25) is 14.4 Å². The van der Waals surface area contributed by atoms with Gasteiger partial charge in [-0.15, -0.1) is 0 Å². The highest BCUT2D eigenvalue weighted by Gasteiger charge is 2.23. The third-order valence-corrected chi connectivity index (χ3v) is 14.6. The second kappa shape index (κ2) is 51.7. The summed E-state index contributed by atoms with van der Waals surface area (Å²) in [6.45, 7) is 13.7. The standard InChI is InChI=1S/C61H120N2O5/c1-8-13-18-21-24-25-26-35-45-57(46-36-29-31-41-51-61(66)68-58(47-37-27-22-19-14-9-2)48-38-28-23-20-15-10-3)63(54-42-53-62(6)7)59(64)49-39-30-32-40-50-60(65)67-55-52-56(43-33-16-11-4)44-34-17-12-5/h56-58H,8-55H2,1-7H3. The zero-order chi connectivity index (χ0) is 50.0. The largest absolute Gasteiger partial charge is 0.466 e. The van der Waals surface area contributed by atoms with Crippen LogP contribution < -0.4 is 0 Å². The third-order valence-electron chi connectivity index (χ3n) is 14.6. The average Bonchev–Trinajstić information content (AvgIpc) is 3.32. The zero-order valence-corrected chi connectivity index (χ0v) is 47.1. The van der Waals surface area contributed by atoms with Gasteiger partial charge in [0.05, 0.1) is 6.61 Å². The van der Waals surface area contributed by atoms with Crippen LogP contribution in [0.3, 0.4) is 0 Å². The van der Waals surface area contributed by atoms with Gasteiger partial charge in [0.2, 0.25) is 5.91 Å². The van der Waals surface area contributed by atoms with Gasteiger partial charge in [0.25, 0.3) is 0 Å². The molecule has 0 aliphatic heterocycles. The number of rotatable bonds is 54. The van der Waals surface area contributed by atoms with Crippen molar-refractivity contribution in [3.63, 3.8) is 0 Å². The van der Waals surface area contributed by atoms with Crippen molar-refractivity contribution in [3.05, 3.63) is 0 Å². The molecule has 0 aliphatic rings. The molecule has 0 aromatic carbocycles. The van der Waals surface area contributed by atoms with Gasteiger partial charge < -0.3 is 19.3 Å². The molecule has 1 unspecified atom stereocenters. The quantitative estimate of drug-likeness (QED) is 0.0447. The van der Waals surface area contributed by atoms with Crippen LogP contribution in [-0.4, -0.2) is 73.6 Å². The van der Waals surface area contributed by atoms with Gasteiger partial charge >= 0.3 is 11.9 Å². The number of hydrogen-bond donors (Lipinski definition) is 0. The average molecular weight is 962 g/mol. The first-order chi connectivity index (χ1) is 33.2. The highest BCUT2D eigenvalue weighted by atomic mass is 16.5. The van der Waals surface area contributed by atoms with Gasteiger partial charge in [-0.2, -0.15) is 0 Å². The summed E-state index contributed by atoms with van der Waals surface area (Å²) in [5.74, 6) is 0.954. The van der Waals surface area contributed by atoms with Crippen molar-refractivity contribution in [2.75, 3.05) is 33.8 Å². The molecule has 0 aromatic heterocycles. The minimum atomic E-state index is -0.0519. The summed E-state index contributed by atoms with van der Waals surface area (Å²) < 4.78 is 11.9. The molecule has 0 heterocycles. The molecule has 68 heavy (non-hydrogen) atoms. The maximum Gasteiger partial charge on any atom is 0.306 e. The Hall–Kier alpha value is -1.63. The molecule has 0 radical (unpaired) electrons. The van der Waals surface area contributed by atoms with E-state index in [1.807, 2.05) is 0 Å². The molecular weight excluding hydrogens is 841 g/mol. The number of carbonyl (C=O) groups is 3. The van der Waals surface area contributed by atoms with Gasteiger partial charge in [0.1, 0.15) is 6.10 Å². The van der Waals surface area contributed by atoms with Crippen molar-refractivity contribution in [1.82, 2.24) is 9.80 Å². The molecule has 0 aromatic rings. The Kier molecular flexibility index (Phi) is 50.5. The molecule has 0 spiro atoms. The fourth-order valence-electron chi connectivity index (χ4n) is 10.1. The Bertz CT molecular complexity index is 1060. The summed E-state index contributed by atoms with van der Waals surface area (Å²) in [5, 5.41) is 0. The molecular formula is C61H120N2O5. The fourth-order valence-corrected chi connectivity index (χ4v) is 10.1. The summed E-state index contributed by atoms with van der Waals surface area (Å²) in [6.07, 6.45) is 51.6. The maximum atomic E-state index is 14.1. The number of hydrogen-bond acceptors (Lipinski definition) is 6. The lowest BCUT2D eigenvalue weighted by Crippen LogP contribution is -2.41. The summed E-state index contributed by atoms with van der Waals surface area (Å²) in [5.41, 5.74) is 0. The van der Waals surface area contributed by atoms with Gasteiger partial charge in [-0.25, -0.2) is 0 Å². The van der Waals surface area contributed by atoms with Crippen LogP contribution in [-0.2, 0) is 23.9 Å². The van der Waals surface area contributed by atoms with Crippen LogP contribution in [0.5, 0.6) is 0 Å². The van der Waals surface area contributed by atoms with E-state index >= 15 is 0 Å². The predicted octanol–water partition coefficient (Wildman–Crippen LogP) is 18.5. The van der Waals surface area contributed by atoms with Crippen LogP contribution in [0, 0.1) is 5.92 Å². The number of nitrogens with zero attached hydrogens (tertiary/aromatic N) is 2. The van der Waals surface area contributed by atoms with E-state index in [0.717, 1.165) is 103 Å². The summed E-state index contributed by atoms with van der Waals surface area (Å²) >= 11 is 0. The lowest BCUT2D eigenvalue weighted by molar-refractivity contribution is -0.150. The van der Waals surface area contributed by atoms with Crippen molar-refractivity contribution in [3.8, 4) is 0 Å². The first kappa shape index (κ1) is 66.4. The number of amides is 1. The van der Waals surface area contributed by atoms with Gasteiger partial charge in [-0.05, 0) is 97.2 Å². The highest BCUT2D eigenvalue weighted by Crippen LogP contribution is 2.24.